The first-order valence-electron chi connectivity index (χ1n) is 6.56. The molecule has 0 unspecified atom stereocenters. The van der Waals surface area contributed by atoms with E-state index in [9.17, 15) is 9.59 Å². The predicted molar refractivity (Wildman–Crippen MR) is 76.2 cm³/mol. The van der Waals surface area contributed by atoms with Gasteiger partial charge in [-0.3, -0.25) is 9.59 Å². The highest BCUT2D eigenvalue weighted by atomic mass is 16.5. The van der Waals surface area contributed by atoms with Gasteiger partial charge in [-0.2, -0.15) is 4.98 Å². The summed E-state index contributed by atoms with van der Waals surface area (Å²) in [6.07, 6.45) is -0.0360. The average Bonchev–Trinajstić information content (AvgIpc) is 3.01. The molecule has 0 aliphatic rings. The Labute approximate surface area is 126 Å². The minimum Gasteiger partial charge on any atom is -0.497 e. The number of amides is 2. The molecule has 0 spiro atoms. The highest BCUT2D eigenvalue weighted by Crippen LogP contribution is 2.11. The third kappa shape index (κ3) is 4.05. The molecule has 0 radical (unpaired) electrons. The van der Waals surface area contributed by atoms with E-state index in [2.05, 4.69) is 20.8 Å². The third-order valence-electron chi connectivity index (χ3n) is 2.87. The summed E-state index contributed by atoms with van der Waals surface area (Å²) < 4.78 is 9.88. The fourth-order valence-electron chi connectivity index (χ4n) is 1.65. The van der Waals surface area contributed by atoms with Gasteiger partial charge in [0.15, 0.2) is 5.82 Å². The SMILES string of the molecule is CNC(=O)Cc1noc(C(=O)NCc2ccc(OC)cc2)n1. The Hall–Kier alpha value is -2.90. The van der Waals surface area contributed by atoms with Crippen LogP contribution in [0.15, 0.2) is 28.8 Å². The van der Waals surface area contributed by atoms with Crippen LogP contribution in [0.5, 0.6) is 5.75 Å². The minimum absolute atomic E-state index is 0.0360. The topological polar surface area (TPSA) is 106 Å². The Morgan fingerprint density at radius 2 is 2.00 bits per heavy atom. The van der Waals surface area contributed by atoms with Crippen LogP contribution in [0.4, 0.5) is 0 Å². The van der Waals surface area contributed by atoms with Gasteiger partial charge in [0.05, 0.1) is 13.5 Å². The lowest BCUT2D eigenvalue weighted by molar-refractivity contribution is -0.120. The second-order valence-electron chi connectivity index (χ2n) is 4.40. The molecule has 0 aliphatic carbocycles. The molecule has 0 aliphatic heterocycles. The number of methoxy groups -OCH3 is 1. The molecule has 0 saturated heterocycles. The van der Waals surface area contributed by atoms with Crippen molar-refractivity contribution in [3.8, 4) is 5.75 Å². The molecule has 116 valence electrons. The average molecular weight is 304 g/mol. The lowest BCUT2D eigenvalue weighted by Gasteiger charge is -2.04. The van der Waals surface area contributed by atoms with Crippen LogP contribution >= 0.6 is 0 Å². The molecule has 0 fully saturated rings. The van der Waals surface area contributed by atoms with Gasteiger partial charge in [0.25, 0.3) is 0 Å². The minimum atomic E-state index is -0.494. The summed E-state index contributed by atoms with van der Waals surface area (Å²) >= 11 is 0. The summed E-state index contributed by atoms with van der Waals surface area (Å²) in [6.45, 7) is 0.315. The number of carbonyl (C=O) groups excluding carboxylic acids is 2. The van der Waals surface area contributed by atoms with Gasteiger partial charge in [-0.05, 0) is 17.7 Å². The Morgan fingerprint density at radius 3 is 2.64 bits per heavy atom. The van der Waals surface area contributed by atoms with E-state index in [-0.39, 0.29) is 24.0 Å². The standard InChI is InChI=1S/C14H16N4O4/c1-15-12(19)7-11-17-14(22-18-11)13(20)16-8-9-3-5-10(21-2)6-4-9/h3-6H,7-8H2,1-2H3,(H,15,19)(H,16,20). The van der Waals surface area contributed by atoms with E-state index < -0.39 is 5.91 Å². The molecule has 2 N–H and O–H groups in total. The van der Waals surface area contributed by atoms with Crippen LogP contribution in [0.25, 0.3) is 0 Å². The first-order chi connectivity index (χ1) is 10.6. The van der Waals surface area contributed by atoms with Gasteiger partial charge in [0, 0.05) is 13.6 Å². The number of carbonyl (C=O) groups is 2. The van der Waals surface area contributed by atoms with Gasteiger partial charge >= 0.3 is 11.8 Å². The number of hydrogen-bond donors (Lipinski definition) is 2. The molecule has 1 heterocycles. The summed E-state index contributed by atoms with van der Waals surface area (Å²) in [4.78, 5) is 26.9. The first-order valence-corrected chi connectivity index (χ1v) is 6.56. The zero-order valence-electron chi connectivity index (χ0n) is 12.3. The molecular weight excluding hydrogens is 288 g/mol. The van der Waals surface area contributed by atoms with Gasteiger partial charge < -0.3 is 19.9 Å². The Kier molecular flexibility index (Phi) is 5.07. The van der Waals surface area contributed by atoms with Gasteiger partial charge in [0.1, 0.15) is 5.75 Å². The van der Waals surface area contributed by atoms with E-state index in [0.29, 0.717) is 6.54 Å². The molecule has 8 nitrogen and oxygen atoms in total. The largest absolute Gasteiger partial charge is 0.497 e. The van der Waals surface area contributed by atoms with Crippen molar-refractivity contribution in [1.82, 2.24) is 20.8 Å². The highest BCUT2D eigenvalue weighted by Gasteiger charge is 2.16. The summed E-state index contributed by atoms with van der Waals surface area (Å²) in [5.41, 5.74) is 0.902. The number of ether oxygens (including phenoxy) is 1. The number of nitrogens with zero attached hydrogens (tertiary/aromatic N) is 2. The summed E-state index contributed by atoms with van der Waals surface area (Å²) in [5, 5.41) is 8.67. The Morgan fingerprint density at radius 1 is 1.27 bits per heavy atom. The molecule has 0 saturated carbocycles. The van der Waals surface area contributed by atoms with Gasteiger partial charge in [-0.25, -0.2) is 0 Å². The van der Waals surface area contributed by atoms with Crippen LogP contribution in [0.3, 0.4) is 0 Å². The number of likely N-dealkylation sites (N-methyl/N-ethyl adjacent to an activating group) is 1. The molecule has 0 atom stereocenters. The zero-order chi connectivity index (χ0) is 15.9. The molecular formula is C14H16N4O4. The van der Waals surface area contributed by atoms with Crippen LogP contribution in [-0.2, 0) is 17.8 Å². The predicted octanol–water partition coefficient (Wildman–Crippen LogP) is 0.297. The van der Waals surface area contributed by atoms with Crippen molar-refractivity contribution >= 4 is 11.8 Å². The fraction of sp³-hybridized carbons (Fsp3) is 0.286. The first kappa shape index (κ1) is 15.5. The van der Waals surface area contributed by atoms with Crippen LogP contribution in [0.2, 0.25) is 0 Å². The van der Waals surface area contributed by atoms with Crippen molar-refractivity contribution in [3.63, 3.8) is 0 Å². The highest BCUT2D eigenvalue weighted by molar-refractivity contribution is 5.89. The van der Waals surface area contributed by atoms with Gasteiger partial charge in [-0.1, -0.05) is 17.3 Å². The van der Waals surface area contributed by atoms with Gasteiger partial charge in [-0.15, -0.1) is 0 Å². The van der Waals surface area contributed by atoms with Crippen LogP contribution in [-0.4, -0.2) is 36.1 Å². The smallest absolute Gasteiger partial charge is 0.315 e. The van der Waals surface area contributed by atoms with Crippen molar-refractivity contribution in [2.24, 2.45) is 0 Å². The lowest BCUT2D eigenvalue weighted by Crippen LogP contribution is -2.23. The maximum Gasteiger partial charge on any atom is 0.315 e. The fourth-order valence-corrected chi connectivity index (χ4v) is 1.65. The monoisotopic (exact) mass is 304 g/mol. The molecule has 22 heavy (non-hydrogen) atoms. The number of nitrogens with one attached hydrogen (secondary N) is 2. The van der Waals surface area contributed by atoms with Crippen molar-refractivity contribution < 1.29 is 18.8 Å². The number of aromatic nitrogens is 2. The Balaban J connectivity index is 1.90. The molecule has 8 heteroatoms. The normalized spacial score (nSPS) is 10.1. The number of benzene rings is 1. The van der Waals surface area contributed by atoms with Crippen molar-refractivity contribution in [3.05, 3.63) is 41.5 Å². The lowest BCUT2D eigenvalue weighted by atomic mass is 10.2. The summed E-state index contributed by atoms with van der Waals surface area (Å²) in [6, 6.07) is 7.28. The van der Waals surface area contributed by atoms with Crippen LogP contribution in [0, 0.1) is 0 Å². The summed E-state index contributed by atoms with van der Waals surface area (Å²) in [7, 11) is 3.09. The Bertz CT molecular complexity index is 651. The molecule has 1 aromatic carbocycles. The molecule has 2 rings (SSSR count). The summed E-state index contributed by atoms with van der Waals surface area (Å²) in [5.74, 6) is -0.0235. The molecule has 2 amide bonds. The molecule has 0 bridgehead atoms. The second-order valence-corrected chi connectivity index (χ2v) is 4.40. The maximum absolute atomic E-state index is 11.9. The van der Waals surface area contributed by atoms with E-state index >= 15 is 0 Å². The second kappa shape index (κ2) is 7.21. The van der Waals surface area contributed by atoms with E-state index in [1.54, 1.807) is 19.2 Å². The van der Waals surface area contributed by atoms with Crippen molar-refractivity contribution in [2.45, 2.75) is 13.0 Å². The van der Waals surface area contributed by atoms with Crippen LogP contribution in [0.1, 0.15) is 22.1 Å². The van der Waals surface area contributed by atoms with Crippen molar-refractivity contribution in [2.75, 3.05) is 14.2 Å². The zero-order valence-corrected chi connectivity index (χ0v) is 12.3. The number of rotatable bonds is 6. The van der Waals surface area contributed by atoms with Crippen LogP contribution < -0.4 is 15.4 Å². The third-order valence-corrected chi connectivity index (χ3v) is 2.87. The molecule has 1 aromatic heterocycles. The maximum atomic E-state index is 11.9. The van der Waals surface area contributed by atoms with E-state index in [1.165, 1.54) is 7.05 Å². The van der Waals surface area contributed by atoms with E-state index in [0.717, 1.165) is 11.3 Å². The number of hydrogen-bond acceptors (Lipinski definition) is 6. The quantitative estimate of drug-likeness (QED) is 0.795. The molecule has 2 aromatic rings. The van der Waals surface area contributed by atoms with E-state index in [4.69, 9.17) is 9.26 Å². The van der Waals surface area contributed by atoms with Crippen molar-refractivity contribution in [1.29, 1.82) is 0 Å². The van der Waals surface area contributed by atoms with Gasteiger partial charge in [0.2, 0.25) is 5.91 Å². The van der Waals surface area contributed by atoms with E-state index in [1.807, 2.05) is 12.1 Å².